The predicted molar refractivity (Wildman–Crippen MR) is 73.9 cm³/mol. The molecule has 2 rings (SSSR count). The van der Waals surface area contributed by atoms with Gasteiger partial charge < -0.3 is 9.84 Å². The lowest BCUT2D eigenvalue weighted by atomic mass is 10.2. The number of hydrogen-bond donors (Lipinski definition) is 1. The van der Waals surface area contributed by atoms with Crippen molar-refractivity contribution < 1.29 is 9.84 Å². The number of nitrogens with zero attached hydrogens (tertiary/aromatic N) is 3. The molecule has 1 fully saturated rings. The summed E-state index contributed by atoms with van der Waals surface area (Å²) in [5.41, 5.74) is 1.19. The highest BCUT2D eigenvalue weighted by atomic mass is 16.5. The molecule has 0 aromatic carbocycles. The lowest BCUT2D eigenvalue weighted by Gasteiger charge is -2.29. The van der Waals surface area contributed by atoms with E-state index in [1.54, 1.807) is 6.20 Å². The quantitative estimate of drug-likeness (QED) is 0.763. The number of aliphatic hydroxyl groups excluding tert-OH is 1. The van der Waals surface area contributed by atoms with Gasteiger partial charge in [-0.3, -0.25) is 14.8 Å². The van der Waals surface area contributed by atoms with Crippen molar-refractivity contribution in [3.05, 3.63) is 30.1 Å². The van der Waals surface area contributed by atoms with Crippen molar-refractivity contribution in [2.45, 2.75) is 6.54 Å². The highest BCUT2D eigenvalue weighted by Gasteiger charge is 2.12. The first-order chi connectivity index (χ1) is 9.38. The molecule has 0 spiro atoms. The summed E-state index contributed by atoms with van der Waals surface area (Å²) in [5, 5.41) is 9.16. The van der Waals surface area contributed by atoms with Crippen LogP contribution in [0, 0.1) is 0 Å². The third-order valence-electron chi connectivity index (χ3n) is 3.38. The van der Waals surface area contributed by atoms with Crippen LogP contribution in [-0.4, -0.2) is 72.4 Å². The molecule has 5 heteroatoms. The van der Waals surface area contributed by atoms with Crippen LogP contribution in [0.1, 0.15) is 5.56 Å². The van der Waals surface area contributed by atoms with Gasteiger partial charge in [0.1, 0.15) is 0 Å². The van der Waals surface area contributed by atoms with Crippen LogP contribution in [0.2, 0.25) is 0 Å². The molecule has 0 aliphatic carbocycles. The Hall–Kier alpha value is -1.01. The molecule has 0 atom stereocenters. The molecule has 0 unspecified atom stereocenters. The molecule has 0 bridgehead atoms. The third-order valence-corrected chi connectivity index (χ3v) is 3.38. The van der Waals surface area contributed by atoms with E-state index in [4.69, 9.17) is 9.84 Å². The summed E-state index contributed by atoms with van der Waals surface area (Å²) < 4.78 is 5.35. The number of aromatic nitrogens is 1. The minimum absolute atomic E-state index is 0.198. The van der Waals surface area contributed by atoms with Gasteiger partial charge >= 0.3 is 0 Å². The summed E-state index contributed by atoms with van der Waals surface area (Å²) in [6.07, 6.45) is 3.67. The maximum absolute atomic E-state index is 9.16. The fraction of sp³-hybridized carbons (Fsp3) is 0.643. The number of rotatable bonds is 7. The van der Waals surface area contributed by atoms with Gasteiger partial charge in [0.2, 0.25) is 0 Å². The summed E-state index contributed by atoms with van der Waals surface area (Å²) in [5.74, 6) is 0. The Bertz CT molecular complexity index is 342. The minimum atomic E-state index is 0.198. The van der Waals surface area contributed by atoms with Crippen molar-refractivity contribution in [2.75, 3.05) is 52.5 Å². The Morgan fingerprint density at radius 2 is 2.16 bits per heavy atom. The standard InChI is InChI=1S/C14H23N3O2/c18-9-6-17(13-14-2-1-3-15-12-14)5-4-16-7-10-19-11-8-16/h1-3,12,18H,4-11,13H2. The van der Waals surface area contributed by atoms with Gasteiger partial charge in [-0.15, -0.1) is 0 Å². The minimum Gasteiger partial charge on any atom is -0.395 e. The second kappa shape index (κ2) is 8.22. The van der Waals surface area contributed by atoms with Gasteiger partial charge in [-0.1, -0.05) is 6.07 Å². The van der Waals surface area contributed by atoms with E-state index in [9.17, 15) is 0 Å². The highest BCUT2D eigenvalue weighted by Crippen LogP contribution is 2.04. The molecule has 1 aliphatic heterocycles. The zero-order chi connectivity index (χ0) is 13.3. The summed E-state index contributed by atoms with van der Waals surface area (Å²) in [7, 11) is 0. The van der Waals surface area contributed by atoms with Gasteiger partial charge in [-0.25, -0.2) is 0 Å². The zero-order valence-corrected chi connectivity index (χ0v) is 11.4. The predicted octanol–water partition coefficient (Wildman–Crippen LogP) is 0.208. The Kier molecular flexibility index (Phi) is 6.23. The van der Waals surface area contributed by atoms with Crippen molar-refractivity contribution >= 4 is 0 Å². The van der Waals surface area contributed by atoms with E-state index in [1.807, 2.05) is 12.3 Å². The van der Waals surface area contributed by atoms with Crippen molar-refractivity contribution in [3.8, 4) is 0 Å². The van der Waals surface area contributed by atoms with Gasteiger partial charge in [-0.2, -0.15) is 0 Å². The SMILES string of the molecule is OCCN(CCN1CCOCC1)Cc1cccnc1. The first-order valence-electron chi connectivity index (χ1n) is 6.90. The largest absolute Gasteiger partial charge is 0.395 e. The Balaban J connectivity index is 1.78. The fourth-order valence-electron chi connectivity index (χ4n) is 2.27. The normalized spacial score (nSPS) is 16.9. The molecule has 0 radical (unpaired) electrons. The number of aliphatic hydroxyl groups is 1. The first kappa shape index (κ1) is 14.4. The molecule has 0 amide bonds. The second-order valence-corrected chi connectivity index (χ2v) is 4.82. The van der Waals surface area contributed by atoms with Crippen LogP contribution >= 0.6 is 0 Å². The molecule has 2 heterocycles. The maximum Gasteiger partial charge on any atom is 0.0594 e. The second-order valence-electron chi connectivity index (χ2n) is 4.82. The molecule has 1 saturated heterocycles. The molecule has 0 saturated carbocycles. The van der Waals surface area contributed by atoms with E-state index in [2.05, 4.69) is 20.9 Å². The summed E-state index contributed by atoms with van der Waals surface area (Å²) >= 11 is 0. The molecular formula is C14H23N3O2. The van der Waals surface area contributed by atoms with Gasteiger partial charge in [0.05, 0.1) is 19.8 Å². The number of hydrogen-bond acceptors (Lipinski definition) is 5. The molecular weight excluding hydrogens is 242 g/mol. The van der Waals surface area contributed by atoms with Crippen molar-refractivity contribution in [3.63, 3.8) is 0 Å². The monoisotopic (exact) mass is 265 g/mol. The summed E-state index contributed by atoms with van der Waals surface area (Å²) in [4.78, 5) is 8.82. The molecule has 1 N–H and O–H groups in total. The Labute approximate surface area is 114 Å². The van der Waals surface area contributed by atoms with Crippen LogP contribution in [0.25, 0.3) is 0 Å². The smallest absolute Gasteiger partial charge is 0.0594 e. The highest BCUT2D eigenvalue weighted by molar-refractivity contribution is 5.08. The van der Waals surface area contributed by atoms with Crippen molar-refractivity contribution in [1.82, 2.24) is 14.8 Å². The van der Waals surface area contributed by atoms with Crippen molar-refractivity contribution in [1.29, 1.82) is 0 Å². The van der Waals surface area contributed by atoms with E-state index in [-0.39, 0.29) is 6.61 Å². The van der Waals surface area contributed by atoms with Gasteiger partial charge in [0.25, 0.3) is 0 Å². The van der Waals surface area contributed by atoms with Crippen LogP contribution in [0.15, 0.2) is 24.5 Å². The molecule has 1 aliphatic rings. The zero-order valence-electron chi connectivity index (χ0n) is 11.4. The van der Waals surface area contributed by atoms with E-state index in [0.717, 1.165) is 45.9 Å². The third kappa shape index (κ3) is 5.24. The molecule has 106 valence electrons. The van der Waals surface area contributed by atoms with Crippen LogP contribution in [0.3, 0.4) is 0 Å². The van der Waals surface area contributed by atoms with E-state index >= 15 is 0 Å². The number of pyridine rings is 1. The Morgan fingerprint density at radius 3 is 2.84 bits per heavy atom. The fourth-order valence-corrected chi connectivity index (χ4v) is 2.27. The van der Waals surface area contributed by atoms with E-state index in [0.29, 0.717) is 6.54 Å². The topological polar surface area (TPSA) is 48.8 Å². The first-order valence-corrected chi connectivity index (χ1v) is 6.90. The summed E-state index contributed by atoms with van der Waals surface area (Å²) in [6, 6.07) is 4.03. The van der Waals surface area contributed by atoms with Gasteiger partial charge in [-0.05, 0) is 11.6 Å². The molecule has 19 heavy (non-hydrogen) atoms. The summed E-state index contributed by atoms with van der Waals surface area (Å²) in [6.45, 7) is 7.45. The maximum atomic E-state index is 9.16. The number of morpholine rings is 1. The van der Waals surface area contributed by atoms with E-state index in [1.165, 1.54) is 5.56 Å². The van der Waals surface area contributed by atoms with Gasteiger partial charge in [0.15, 0.2) is 0 Å². The lowest BCUT2D eigenvalue weighted by molar-refractivity contribution is 0.0320. The molecule has 1 aromatic rings. The number of ether oxygens (including phenoxy) is 1. The van der Waals surface area contributed by atoms with E-state index < -0.39 is 0 Å². The average molecular weight is 265 g/mol. The van der Waals surface area contributed by atoms with Crippen molar-refractivity contribution in [2.24, 2.45) is 0 Å². The van der Waals surface area contributed by atoms with Crippen LogP contribution < -0.4 is 0 Å². The average Bonchev–Trinajstić information content (AvgIpc) is 2.47. The van der Waals surface area contributed by atoms with Crippen LogP contribution in [0.4, 0.5) is 0 Å². The van der Waals surface area contributed by atoms with Crippen LogP contribution in [-0.2, 0) is 11.3 Å². The lowest BCUT2D eigenvalue weighted by Crippen LogP contribution is -2.41. The molecule has 1 aromatic heterocycles. The van der Waals surface area contributed by atoms with Crippen LogP contribution in [0.5, 0.6) is 0 Å². The van der Waals surface area contributed by atoms with Gasteiger partial charge in [0, 0.05) is 51.7 Å². The Morgan fingerprint density at radius 1 is 1.32 bits per heavy atom. The molecule has 5 nitrogen and oxygen atoms in total.